The molecule has 6 nitrogen and oxygen atoms in total. The number of nitrogens with two attached hydrogens (primary N) is 1. The molecule has 0 saturated carbocycles. The third-order valence-electron chi connectivity index (χ3n) is 3.53. The molecule has 120 valence electrons. The average Bonchev–Trinajstić information content (AvgIpc) is 3.23. The van der Waals surface area contributed by atoms with Crippen LogP contribution < -0.4 is 16.2 Å². The first kappa shape index (κ1) is 15.9. The standard InChI is InChI=1S/C15H17N5OS2/c1-3-20(4-2)15-18-13-12(23-15)9(14(21)19-16)8-10(17-13)11-6-5-7-22-11/h5-8H,3-4,16H2,1-2H3,(H,19,21). The van der Waals surface area contributed by atoms with Gasteiger partial charge in [0.05, 0.1) is 20.8 Å². The van der Waals surface area contributed by atoms with Crippen LogP contribution >= 0.6 is 22.7 Å². The smallest absolute Gasteiger partial charge is 0.266 e. The Morgan fingerprint density at radius 3 is 2.74 bits per heavy atom. The van der Waals surface area contributed by atoms with Crippen LogP contribution in [0.15, 0.2) is 23.6 Å². The Morgan fingerprint density at radius 1 is 1.35 bits per heavy atom. The van der Waals surface area contributed by atoms with Crippen molar-refractivity contribution in [2.75, 3.05) is 18.0 Å². The summed E-state index contributed by atoms with van der Waals surface area (Å²) in [5.74, 6) is 5.01. The molecule has 0 aromatic carbocycles. The quantitative estimate of drug-likeness (QED) is 0.421. The zero-order valence-electron chi connectivity index (χ0n) is 12.9. The second-order valence-electron chi connectivity index (χ2n) is 4.83. The lowest BCUT2D eigenvalue weighted by molar-refractivity contribution is 0.0955. The first-order valence-corrected chi connectivity index (χ1v) is 8.98. The van der Waals surface area contributed by atoms with Gasteiger partial charge in [0.25, 0.3) is 5.91 Å². The van der Waals surface area contributed by atoms with Gasteiger partial charge in [0, 0.05) is 13.1 Å². The van der Waals surface area contributed by atoms with Crippen molar-refractivity contribution in [1.82, 2.24) is 15.4 Å². The molecule has 23 heavy (non-hydrogen) atoms. The second-order valence-corrected chi connectivity index (χ2v) is 6.75. The van der Waals surface area contributed by atoms with Crippen LogP contribution in [0.25, 0.3) is 20.9 Å². The second kappa shape index (κ2) is 6.61. The Morgan fingerprint density at radius 2 is 2.13 bits per heavy atom. The van der Waals surface area contributed by atoms with Crippen LogP contribution in [0, 0.1) is 0 Å². The highest BCUT2D eigenvalue weighted by atomic mass is 32.1. The first-order chi connectivity index (χ1) is 11.2. The number of nitrogens with zero attached hydrogens (tertiary/aromatic N) is 3. The largest absolute Gasteiger partial charge is 0.349 e. The van der Waals surface area contributed by atoms with Gasteiger partial charge < -0.3 is 4.90 Å². The van der Waals surface area contributed by atoms with E-state index < -0.39 is 0 Å². The highest BCUT2D eigenvalue weighted by Crippen LogP contribution is 2.34. The van der Waals surface area contributed by atoms with Crippen molar-refractivity contribution in [3.05, 3.63) is 29.1 Å². The molecule has 8 heteroatoms. The van der Waals surface area contributed by atoms with Crippen molar-refractivity contribution >= 4 is 44.1 Å². The van der Waals surface area contributed by atoms with E-state index >= 15 is 0 Å². The number of nitrogen functional groups attached to an aromatic ring is 1. The van der Waals surface area contributed by atoms with E-state index in [1.54, 1.807) is 17.4 Å². The summed E-state index contributed by atoms with van der Waals surface area (Å²) in [7, 11) is 0. The molecular formula is C15H17N5OS2. The van der Waals surface area contributed by atoms with Gasteiger partial charge in [-0.25, -0.2) is 10.8 Å². The Balaban J connectivity index is 2.21. The zero-order chi connectivity index (χ0) is 16.4. The molecule has 3 aromatic heterocycles. The number of thiophene rings is 1. The molecule has 0 radical (unpaired) electrons. The molecule has 0 aliphatic heterocycles. The maximum Gasteiger partial charge on any atom is 0.266 e. The lowest BCUT2D eigenvalue weighted by Gasteiger charge is -2.16. The Labute approximate surface area is 141 Å². The minimum atomic E-state index is -0.329. The van der Waals surface area contributed by atoms with Crippen molar-refractivity contribution in [3.8, 4) is 10.6 Å². The van der Waals surface area contributed by atoms with Crippen LogP contribution in [0.2, 0.25) is 0 Å². The van der Waals surface area contributed by atoms with Crippen molar-refractivity contribution in [1.29, 1.82) is 0 Å². The van der Waals surface area contributed by atoms with Gasteiger partial charge in [0.2, 0.25) is 0 Å². The number of carbonyl (C=O) groups is 1. The molecule has 0 bridgehead atoms. The third kappa shape index (κ3) is 2.92. The summed E-state index contributed by atoms with van der Waals surface area (Å²) in [5, 5.41) is 2.85. The van der Waals surface area contributed by atoms with Crippen molar-refractivity contribution in [2.45, 2.75) is 13.8 Å². The summed E-state index contributed by atoms with van der Waals surface area (Å²) in [6.45, 7) is 5.86. The van der Waals surface area contributed by atoms with Crippen LogP contribution in [0.5, 0.6) is 0 Å². The predicted molar refractivity (Wildman–Crippen MR) is 95.9 cm³/mol. The molecule has 0 spiro atoms. The van der Waals surface area contributed by atoms with Gasteiger partial charge in [-0.2, -0.15) is 4.98 Å². The molecule has 0 saturated heterocycles. The number of anilines is 1. The number of carbonyl (C=O) groups excluding carboxylic acids is 1. The molecule has 0 atom stereocenters. The lowest BCUT2D eigenvalue weighted by atomic mass is 10.2. The fraction of sp³-hybridized carbons (Fsp3) is 0.267. The molecule has 1 amide bonds. The van der Waals surface area contributed by atoms with Gasteiger partial charge in [-0.05, 0) is 31.4 Å². The van der Waals surface area contributed by atoms with Crippen LogP contribution in [0.3, 0.4) is 0 Å². The molecule has 3 N–H and O–H groups in total. The van der Waals surface area contributed by atoms with E-state index in [2.05, 4.69) is 34.1 Å². The lowest BCUT2D eigenvalue weighted by Crippen LogP contribution is -2.30. The van der Waals surface area contributed by atoms with E-state index in [1.807, 2.05) is 17.5 Å². The summed E-state index contributed by atoms with van der Waals surface area (Å²) < 4.78 is 0.759. The Kier molecular flexibility index (Phi) is 4.56. The maximum atomic E-state index is 12.2. The number of aromatic nitrogens is 2. The molecule has 0 unspecified atom stereocenters. The van der Waals surface area contributed by atoms with Crippen molar-refractivity contribution < 1.29 is 4.79 Å². The Hall–Kier alpha value is -2.03. The van der Waals surface area contributed by atoms with E-state index in [1.165, 1.54) is 11.3 Å². The fourth-order valence-corrected chi connectivity index (χ4v) is 4.16. The highest BCUT2D eigenvalue weighted by molar-refractivity contribution is 7.22. The maximum absolute atomic E-state index is 12.2. The number of thiazole rings is 1. The summed E-state index contributed by atoms with van der Waals surface area (Å²) in [4.78, 5) is 24.6. The molecule has 0 aliphatic carbocycles. The molecule has 0 fully saturated rings. The van der Waals surface area contributed by atoms with Crippen LogP contribution in [0.1, 0.15) is 24.2 Å². The SMILES string of the molecule is CCN(CC)c1nc2nc(-c3cccs3)cc(C(=O)NN)c2s1. The summed E-state index contributed by atoms with van der Waals surface area (Å²) >= 11 is 3.04. The number of rotatable bonds is 5. The number of hydrogen-bond acceptors (Lipinski definition) is 7. The minimum Gasteiger partial charge on any atom is -0.349 e. The van der Waals surface area contributed by atoms with Gasteiger partial charge in [-0.1, -0.05) is 17.4 Å². The topological polar surface area (TPSA) is 84.1 Å². The average molecular weight is 347 g/mol. The summed E-state index contributed by atoms with van der Waals surface area (Å²) in [5.41, 5.74) is 4.05. The molecule has 3 heterocycles. The number of hydrogen-bond donors (Lipinski definition) is 2. The van der Waals surface area contributed by atoms with E-state index in [0.717, 1.165) is 33.5 Å². The van der Waals surface area contributed by atoms with E-state index in [4.69, 9.17) is 5.84 Å². The molecule has 3 aromatic rings. The van der Waals surface area contributed by atoms with E-state index in [0.29, 0.717) is 11.2 Å². The van der Waals surface area contributed by atoms with Crippen molar-refractivity contribution in [2.24, 2.45) is 5.84 Å². The van der Waals surface area contributed by atoms with Crippen LogP contribution in [-0.4, -0.2) is 29.0 Å². The number of nitrogens with one attached hydrogen (secondary N) is 1. The number of pyridine rings is 1. The normalized spacial score (nSPS) is 10.9. The van der Waals surface area contributed by atoms with E-state index in [-0.39, 0.29) is 5.91 Å². The summed E-state index contributed by atoms with van der Waals surface area (Å²) in [6.07, 6.45) is 0. The van der Waals surface area contributed by atoms with Crippen molar-refractivity contribution in [3.63, 3.8) is 0 Å². The Bertz CT molecular complexity index is 824. The van der Waals surface area contributed by atoms with E-state index in [9.17, 15) is 4.79 Å². The van der Waals surface area contributed by atoms with Gasteiger partial charge in [0.15, 0.2) is 10.8 Å². The van der Waals surface area contributed by atoms with Gasteiger partial charge >= 0.3 is 0 Å². The van der Waals surface area contributed by atoms with Crippen LogP contribution in [-0.2, 0) is 0 Å². The molecular weight excluding hydrogens is 330 g/mol. The highest BCUT2D eigenvalue weighted by Gasteiger charge is 2.19. The van der Waals surface area contributed by atoms with Gasteiger partial charge in [-0.3, -0.25) is 10.2 Å². The van der Waals surface area contributed by atoms with Gasteiger partial charge in [-0.15, -0.1) is 11.3 Å². The molecule has 0 aliphatic rings. The first-order valence-electron chi connectivity index (χ1n) is 7.29. The summed E-state index contributed by atoms with van der Waals surface area (Å²) in [6, 6.07) is 5.71. The van der Waals surface area contributed by atoms with Gasteiger partial charge in [0.1, 0.15) is 0 Å². The predicted octanol–water partition coefficient (Wildman–Crippen LogP) is 2.87. The monoisotopic (exact) mass is 347 g/mol. The van der Waals surface area contributed by atoms with Crippen LogP contribution in [0.4, 0.5) is 5.13 Å². The fourth-order valence-electron chi connectivity index (χ4n) is 2.33. The zero-order valence-corrected chi connectivity index (χ0v) is 14.5. The number of hydrazine groups is 1. The molecule has 3 rings (SSSR count). The number of fused-ring (bicyclic) bond motifs is 1. The minimum absolute atomic E-state index is 0.329. The number of amides is 1. The third-order valence-corrected chi connectivity index (χ3v) is 5.56.